The van der Waals surface area contributed by atoms with Crippen molar-refractivity contribution in [3.63, 3.8) is 0 Å². The van der Waals surface area contributed by atoms with Crippen LogP contribution in [0.4, 0.5) is 4.79 Å². The topological polar surface area (TPSA) is 167 Å². The lowest BCUT2D eigenvalue weighted by Gasteiger charge is -2.31. The number of Topliss-reactive ketones (excluding diaryl/α,β-unsaturated/α-hetero) is 1. The molecule has 0 aromatic rings. The van der Waals surface area contributed by atoms with Crippen LogP contribution < -0.4 is 10.6 Å². The molecule has 0 bridgehead atoms. The van der Waals surface area contributed by atoms with Crippen LogP contribution in [0, 0.1) is 5.41 Å². The van der Waals surface area contributed by atoms with E-state index in [2.05, 4.69) is 62.1 Å². The smallest absolute Gasteiger partial charge is 0.325 e. The van der Waals surface area contributed by atoms with E-state index in [0.717, 1.165) is 24.0 Å². The molecule has 0 aromatic carbocycles. The maximum Gasteiger partial charge on any atom is 0.325 e. The molecule has 5 rings (SSSR count). The largest absolute Gasteiger partial charge is 0.508 e. The van der Waals surface area contributed by atoms with E-state index in [9.17, 15) is 24.0 Å². The number of rotatable bonds is 0. The number of carbonyl (C=O) groups is 5. The molecule has 3 saturated heterocycles. The van der Waals surface area contributed by atoms with Gasteiger partial charge in [0.05, 0.1) is 12.8 Å². The van der Waals surface area contributed by atoms with Crippen LogP contribution >= 0.6 is 0 Å². The number of ether oxygens (including phenoxy) is 4. The molecule has 12 heteroatoms. The summed E-state index contributed by atoms with van der Waals surface area (Å²) in [5.41, 5.74) is 2.60. The molecule has 0 atom stereocenters. The number of cyclic esters (lactones) is 2. The molecule has 1 aliphatic carbocycles. The van der Waals surface area contributed by atoms with Crippen molar-refractivity contribution in [2.24, 2.45) is 5.41 Å². The van der Waals surface area contributed by atoms with Gasteiger partial charge in [-0.05, 0) is 24.3 Å². The molecule has 0 spiro atoms. The average Bonchev–Trinajstić information content (AvgIpc) is 3.18. The molecule has 4 fully saturated rings. The number of aliphatic hydroxyl groups is 1. The Hall–Kier alpha value is -4.87. The lowest BCUT2D eigenvalue weighted by molar-refractivity contribution is -0.217. The van der Waals surface area contributed by atoms with Gasteiger partial charge in [-0.2, -0.15) is 0 Å². The van der Waals surface area contributed by atoms with Crippen molar-refractivity contribution < 1.29 is 48.0 Å². The first-order valence-corrected chi connectivity index (χ1v) is 14.0. The Balaban J connectivity index is 0.000000550. The quantitative estimate of drug-likeness (QED) is 0.203. The Morgan fingerprint density at radius 2 is 1.41 bits per heavy atom. The number of amides is 3. The normalized spacial score (nSPS) is 20.8. The Bertz CT molecular complexity index is 1190. The summed E-state index contributed by atoms with van der Waals surface area (Å²) in [6, 6.07) is -0.490. The number of aliphatic hydroxyl groups excluding tert-OH is 1. The molecule has 46 heavy (non-hydrogen) atoms. The van der Waals surface area contributed by atoms with Crippen molar-refractivity contribution in [2.75, 3.05) is 6.61 Å². The molecule has 3 amide bonds. The fraction of sp³-hybridized carbons (Fsp3) is 0.441. The second-order valence-corrected chi connectivity index (χ2v) is 11.9. The highest BCUT2D eigenvalue weighted by atomic mass is 16.7. The van der Waals surface area contributed by atoms with Crippen LogP contribution in [-0.2, 0) is 38.1 Å². The van der Waals surface area contributed by atoms with Crippen molar-refractivity contribution >= 4 is 29.7 Å². The number of hydrogen-bond donors (Lipinski definition) is 3. The standard InChI is InChI=1S/C9H14O.C7H10O3.C7H8O2.C5H6N2O2.C5H6O2.CH4/c1-7-4-8(10)6-9(2,3)5-7;1-5-4-6(8)10-7(2,3)9-5;1-5-3-7(8)4-6(2)9-5;1-3-2-4(8)7-5(9)6-3;1-4-2-5(6)7-3-4;/h1,4-6H2,2-3H3;1,4H2,2-3H3;3-4,8H,1H2,2H3;1-2H2,(H2,6,7,8,9);1-3H2;1H4. The molecule has 1 saturated carbocycles. The molecule has 12 nitrogen and oxygen atoms in total. The molecular weight excluding hydrogens is 596 g/mol. The van der Waals surface area contributed by atoms with Crippen molar-refractivity contribution in [1.29, 1.82) is 0 Å². The third kappa shape index (κ3) is 18.1. The van der Waals surface area contributed by atoms with Gasteiger partial charge in [0.25, 0.3) is 0 Å². The predicted molar refractivity (Wildman–Crippen MR) is 173 cm³/mol. The van der Waals surface area contributed by atoms with Crippen molar-refractivity contribution in [2.45, 2.75) is 86.4 Å². The van der Waals surface area contributed by atoms with Gasteiger partial charge in [-0.15, -0.1) is 0 Å². The first-order valence-electron chi connectivity index (χ1n) is 14.0. The number of imide groups is 1. The van der Waals surface area contributed by atoms with Crippen LogP contribution in [0.3, 0.4) is 0 Å². The molecule has 254 valence electrons. The highest BCUT2D eigenvalue weighted by Crippen LogP contribution is 2.35. The summed E-state index contributed by atoms with van der Waals surface area (Å²) in [6.07, 6.45) is 6.13. The molecule has 5 aliphatic rings. The Kier molecular flexibility index (Phi) is 16.3. The van der Waals surface area contributed by atoms with Crippen LogP contribution in [-0.4, -0.2) is 47.2 Å². The van der Waals surface area contributed by atoms with Crippen LogP contribution in [0.15, 0.2) is 84.9 Å². The maximum atomic E-state index is 11.0. The molecule has 0 aromatic heterocycles. The molecule has 3 N–H and O–H groups in total. The third-order valence-corrected chi connectivity index (χ3v) is 5.64. The summed E-state index contributed by atoms with van der Waals surface area (Å²) in [6.45, 7) is 27.7. The van der Waals surface area contributed by atoms with Crippen molar-refractivity contribution in [3.8, 4) is 0 Å². The van der Waals surface area contributed by atoms with Gasteiger partial charge in [-0.3, -0.25) is 24.5 Å². The summed E-state index contributed by atoms with van der Waals surface area (Å²) >= 11 is 0. The van der Waals surface area contributed by atoms with Crippen molar-refractivity contribution in [3.05, 3.63) is 84.9 Å². The molecule has 0 unspecified atom stereocenters. The monoisotopic (exact) mass is 644 g/mol. The van der Waals surface area contributed by atoms with Crippen molar-refractivity contribution in [1.82, 2.24) is 10.6 Å². The van der Waals surface area contributed by atoms with E-state index in [0.29, 0.717) is 48.2 Å². The first-order chi connectivity index (χ1) is 20.6. The first kappa shape index (κ1) is 41.1. The number of esters is 2. The maximum absolute atomic E-state index is 11.0. The lowest BCUT2D eigenvalue weighted by atomic mass is 9.75. The van der Waals surface area contributed by atoms with Crippen LogP contribution in [0.5, 0.6) is 0 Å². The van der Waals surface area contributed by atoms with E-state index in [1.807, 2.05) is 0 Å². The van der Waals surface area contributed by atoms with E-state index >= 15 is 0 Å². The Morgan fingerprint density at radius 1 is 0.783 bits per heavy atom. The van der Waals surface area contributed by atoms with E-state index in [1.165, 1.54) is 12.2 Å². The summed E-state index contributed by atoms with van der Waals surface area (Å²) in [4.78, 5) is 52.8. The number of nitrogens with one attached hydrogen (secondary N) is 2. The summed E-state index contributed by atoms with van der Waals surface area (Å²) in [5, 5.41) is 13.3. The lowest BCUT2D eigenvalue weighted by Crippen LogP contribution is -2.44. The highest BCUT2D eigenvalue weighted by molar-refractivity contribution is 5.99. The van der Waals surface area contributed by atoms with Gasteiger partial charge in [-0.25, -0.2) is 4.79 Å². The summed E-state index contributed by atoms with van der Waals surface area (Å²) < 4.78 is 19.4. The number of allylic oxidation sites excluding steroid dienone is 4. The minimum Gasteiger partial charge on any atom is -0.508 e. The van der Waals surface area contributed by atoms with Gasteiger partial charge < -0.3 is 29.4 Å². The number of ketones is 1. The Morgan fingerprint density at radius 3 is 1.78 bits per heavy atom. The third-order valence-electron chi connectivity index (χ3n) is 5.64. The zero-order valence-electron chi connectivity index (χ0n) is 26.8. The Labute approximate surface area is 271 Å². The summed E-state index contributed by atoms with van der Waals surface area (Å²) in [7, 11) is 0. The summed E-state index contributed by atoms with van der Waals surface area (Å²) in [5.74, 6) is 0.612. The van der Waals surface area contributed by atoms with E-state index in [-0.39, 0.29) is 49.3 Å². The number of hydrogen-bond acceptors (Lipinski definition) is 10. The van der Waals surface area contributed by atoms with Gasteiger partial charge in [-0.1, -0.05) is 59.7 Å². The molecular formula is C34H48N2O10. The SMILES string of the molecule is C.C=C1C=C(O)C=C(C)O1.C=C1CC(=O)CC(C)(C)C1.C=C1CC(=O)NC(=O)N1.C=C1CC(=O)OC(C)(C)O1.C=C1COC(=O)C1. The minimum absolute atomic E-state index is 0. The van der Waals surface area contributed by atoms with Crippen LogP contribution in [0.25, 0.3) is 0 Å². The highest BCUT2D eigenvalue weighted by Gasteiger charge is 2.31. The molecule has 4 aliphatic heterocycles. The fourth-order valence-electron chi connectivity index (χ4n) is 4.32. The molecule has 0 radical (unpaired) electrons. The van der Waals surface area contributed by atoms with Gasteiger partial charge in [0.2, 0.25) is 11.7 Å². The van der Waals surface area contributed by atoms with Gasteiger partial charge in [0.1, 0.15) is 41.8 Å². The molecule has 4 heterocycles. The van der Waals surface area contributed by atoms with Gasteiger partial charge >= 0.3 is 18.0 Å². The number of carbonyl (C=O) groups excluding carboxylic acids is 5. The predicted octanol–water partition coefficient (Wildman–Crippen LogP) is 6.25. The zero-order chi connectivity index (χ0) is 34.5. The van der Waals surface area contributed by atoms with Crippen LogP contribution in [0.1, 0.15) is 80.6 Å². The van der Waals surface area contributed by atoms with Gasteiger partial charge in [0.15, 0.2) is 0 Å². The minimum atomic E-state index is -0.827. The zero-order valence-corrected chi connectivity index (χ0v) is 26.8. The van der Waals surface area contributed by atoms with E-state index in [4.69, 9.17) is 19.3 Å². The average molecular weight is 645 g/mol. The van der Waals surface area contributed by atoms with Crippen LogP contribution in [0.2, 0.25) is 0 Å². The van der Waals surface area contributed by atoms with Gasteiger partial charge in [0, 0.05) is 44.5 Å². The second-order valence-electron chi connectivity index (χ2n) is 11.9. The van der Waals surface area contributed by atoms with E-state index < -0.39 is 11.8 Å². The number of urea groups is 1. The van der Waals surface area contributed by atoms with E-state index in [1.54, 1.807) is 20.8 Å². The second kappa shape index (κ2) is 18.2. The fourth-order valence-corrected chi connectivity index (χ4v) is 4.32.